The van der Waals surface area contributed by atoms with E-state index in [-0.39, 0.29) is 36.7 Å². The fraction of sp³-hybridized carbons (Fsp3) is 0.455. The van der Waals surface area contributed by atoms with E-state index in [1.165, 1.54) is 11.1 Å². The van der Waals surface area contributed by atoms with Crippen molar-refractivity contribution in [3.05, 3.63) is 71.8 Å². The van der Waals surface area contributed by atoms with Gasteiger partial charge in [-0.3, -0.25) is 9.80 Å². The summed E-state index contributed by atoms with van der Waals surface area (Å²) in [5.74, 6) is 0. The highest BCUT2D eigenvalue weighted by Gasteiger charge is 2.49. The van der Waals surface area contributed by atoms with Gasteiger partial charge in [0.25, 0.3) is 0 Å². The fourth-order valence-corrected chi connectivity index (χ4v) is 4.15. The first-order valence-corrected chi connectivity index (χ1v) is 9.42. The third-order valence-electron chi connectivity index (χ3n) is 6.04. The van der Waals surface area contributed by atoms with Crippen molar-refractivity contribution in [3.8, 4) is 0 Å². The summed E-state index contributed by atoms with van der Waals surface area (Å²) in [5.41, 5.74) is 2.44. The predicted octanol–water partition coefficient (Wildman–Crippen LogP) is 3.82. The van der Waals surface area contributed by atoms with Crippen molar-refractivity contribution in [1.29, 1.82) is 0 Å². The van der Waals surface area contributed by atoms with Gasteiger partial charge in [-0.05, 0) is 39.1 Å². The van der Waals surface area contributed by atoms with Crippen LogP contribution < -0.4 is 0 Å². The Morgan fingerprint density at radius 3 is 1.31 bits per heavy atom. The fourth-order valence-electron chi connectivity index (χ4n) is 4.15. The molecule has 4 heteroatoms. The van der Waals surface area contributed by atoms with Gasteiger partial charge < -0.3 is 9.47 Å². The molecule has 0 spiro atoms. The number of ether oxygens (including phenoxy) is 2. The van der Waals surface area contributed by atoms with Gasteiger partial charge in [0.15, 0.2) is 12.5 Å². The SMILES string of the molecule is C[C@H]1[C@@H](c2ccccc2)O[C@@H]2[C@@H](O[C@H](c3ccccc3)[C@H](C)N2C)N1C. The van der Waals surface area contributed by atoms with E-state index in [9.17, 15) is 0 Å². The van der Waals surface area contributed by atoms with Crippen molar-refractivity contribution in [2.24, 2.45) is 0 Å². The normalized spacial score (nSPS) is 35.8. The van der Waals surface area contributed by atoms with Gasteiger partial charge in [-0.25, -0.2) is 0 Å². The lowest BCUT2D eigenvalue weighted by molar-refractivity contribution is -0.317. The second-order valence-corrected chi connectivity index (χ2v) is 7.53. The van der Waals surface area contributed by atoms with Crippen LogP contribution in [-0.2, 0) is 9.47 Å². The van der Waals surface area contributed by atoms with Gasteiger partial charge in [0, 0.05) is 12.1 Å². The maximum absolute atomic E-state index is 6.59. The summed E-state index contributed by atoms with van der Waals surface area (Å²) in [6, 6.07) is 21.5. The van der Waals surface area contributed by atoms with Crippen LogP contribution in [0.5, 0.6) is 0 Å². The van der Waals surface area contributed by atoms with E-state index < -0.39 is 0 Å². The van der Waals surface area contributed by atoms with Crippen LogP contribution in [0.3, 0.4) is 0 Å². The number of nitrogens with zero attached hydrogens (tertiary/aromatic N) is 2. The Kier molecular flexibility index (Phi) is 4.84. The summed E-state index contributed by atoms with van der Waals surface area (Å²) < 4.78 is 13.2. The Morgan fingerprint density at radius 1 is 0.615 bits per heavy atom. The van der Waals surface area contributed by atoms with Crippen LogP contribution in [0.4, 0.5) is 0 Å². The number of rotatable bonds is 2. The Balaban J connectivity index is 1.62. The lowest BCUT2D eigenvalue weighted by Crippen LogP contribution is -2.66. The molecule has 0 unspecified atom stereocenters. The molecule has 6 atom stereocenters. The molecule has 2 aliphatic heterocycles. The average Bonchev–Trinajstić information content (AvgIpc) is 2.69. The molecule has 138 valence electrons. The molecule has 0 aromatic heterocycles. The summed E-state index contributed by atoms with van der Waals surface area (Å²) in [6.45, 7) is 4.43. The van der Waals surface area contributed by atoms with Gasteiger partial charge in [-0.1, -0.05) is 60.7 Å². The Morgan fingerprint density at radius 2 is 0.962 bits per heavy atom. The molecular weight excluding hydrogens is 324 g/mol. The first-order chi connectivity index (χ1) is 12.6. The van der Waals surface area contributed by atoms with Crippen LogP contribution in [-0.4, -0.2) is 48.4 Å². The van der Waals surface area contributed by atoms with Crippen molar-refractivity contribution in [1.82, 2.24) is 9.80 Å². The molecule has 2 aliphatic rings. The summed E-state index contributed by atoms with van der Waals surface area (Å²) in [4.78, 5) is 4.65. The summed E-state index contributed by atoms with van der Waals surface area (Å²) in [6.07, 6.45) is -0.101. The van der Waals surface area contributed by atoms with E-state index >= 15 is 0 Å². The first-order valence-electron chi connectivity index (χ1n) is 9.42. The van der Waals surface area contributed by atoms with Gasteiger partial charge in [0.1, 0.15) is 12.2 Å². The maximum Gasteiger partial charge on any atom is 0.151 e. The Labute approximate surface area is 156 Å². The molecule has 0 N–H and O–H groups in total. The minimum Gasteiger partial charge on any atom is -0.349 e. The van der Waals surface area contributed by atoms with E-state index in [1.807, 2.05) is 12.1 Å². The topological polar surface area (TPSA) is 24.9 Å². The van der Waals surface area contributed by atoms with E-state index in [2.05, 4.69) is 86.3 Å². The minimum absolute atomic E-state index is 0.0361. The number of likely N-dealkylation sites (N-methyl/N-ethyl adjacent to an activating group) is 2. The maximum atomic E-state index is 6.59. The van der Waals surface area contributed by atoms with E-state index in [0.717, 1.165) is 0 Å². The zero-order valence-corrected chi connectivity index (χ0v) is 15.9. The summed E-state index contributed by atoms with van der Waals surface area (Å²) in [7, 11) is 4.29. The Hall–Kier alpha value is -1.72. The molecule has 0 saturated carbocycles. The van der Waals surface area contributed by atoms with Crippen LogP contribution >= 0.6 is 0 Å². The molecule has 0 bridgehead atoms. The summed E-state index contributed by atoms with van der Waals surface area (Å²) >= 11 is 0. The number of fused-ring (bicyclic) bond motifs is 1. The van der Waals surface area contributed by atoms with Crippen molar-refractivity contribution in [2.75, 3.05) is 14.1 Å². The van der Waals surface area contributed by atoms with E-state index in [4.69, 9.17) is 9.47 Å². The number of morpholine rings is 2. The van der Waals surface area contributed by atoms with Crippen molar-refractivity contribution >= 4 is 0 Å². The molecule has 2 saturated heterocycles. The first kappa shape index (κ1) is 17.7. The third kappa shape index (κ3) is 2.97. The zero-order valence-electron chi connectivity index (χ0n) is 15.9. The number of hydrogen-bond acceptors (Lipinski definition) is 4. The van der Waals surface area contributed by atoms with Gasteiger partial charge in [0.05, 0.1) is 0 Å². The zero-order chi connectivity index (χ0) is 18.3. The molecule has 0 amide bonds. The second-order valence-electron chi connectivity index (χ2n) is 7.53. The molecule has 4 nitrogen and oxygen atoms in total. The van der Waals surface area contributed by atoms with E-state index in [1.54, 1.807) is 0 Å². The number of benzene rings is 2. The quantitative estimate of drug-likeness (QED) is 0.820. The molecule has 2 aromatic rings. The van der Waals surface area contributed by atoms with Gasteiger partial charge in [0.2, 0.25) is 0 Å². The highest BCUT2D eigenvalue weighted by molar-refractivity contribution is 5.22. The standard InChI is InChI=1S/C22H28N2O2/c1-15-19(17-11-7-5-8-12-17)25-22-21(23(15)3)26-20(16(2)24(22)4)18-13-9-6-10-14-18/h5-16,19-22H,1-4H3/t15-,16-,19-,20-,21+,22+/m0/s1. The van der Waals surface area contributed by atoms with Crippen molar-refractivity contribution < 1.29 is 9.47 Å². The monoisotopic (exact) mass is 352 g/mol. The van der Waals surface area contributed by atoms with Crippen molar-refractivity contribution in [3.63, 3.8) is 0 Å². The van der Waals surface area contributed by atoms with Crippen LogP contribution in [0.25, 0.3) is 0 Å². The highest BCUT2D eigenvalue weighted by atomic mass is 16.6. The van der Waals surface area contributed by atoms with Gasteiger partial charge in [-0.2, -0.15) is 0 Å². The molecule has 2 aromatic carbocycles. The third-order valence-corrected chi connectivity index (χ3v) is 6.04. The molecule has 0 radical (unpaired) electrons. The van der Waals surface area contributed by atoms with Crippen LogP contribution in [0.15, 0.2) is 60.7 Å². The molecule has 2 heterocycles. The molecule has 0 aliphatic carbocycles. The highest BCUT2D eigenvalue weighted by Crippen LogP contribution is 2.41. The van der Waals surface area contributed by atoms with Crippen molar-refractivity contribution in [2.45, 2.75) is 50.6 Å². The van der Waals surface area contributed by atoms with E-state index in [0.29, 0.717) is 0 Å². The molecule has 26 heavy (non-hydrogen) atoms. The Bertz CT molecular complexity index is 660. The molecule has 4 rings (SSSR count). The van der Waals surface area contributed by atoms with Crippen LogP contribution in [0.1, 0.15) is 37.2 Å². The smallest absolute Gasteiger partial charge is 0.151 e. The average molecular weight is 352 g/mol. The lowest BCUT2D eigenvalue weighted by atomic mass is 9.96. The van der Waals surface area contributed by atoms with Gasteiger partial charge >= 0.3 is 0 Å². The molecule has 2 fully saturated rings. The summed E-state index contributed by atoms with van der Waals surface area (Å²) in [5, 5.41) is 0. The van der Waals surface area contributed by atoms with Crippen LogP contribution in [0.2, 0.25) is 0 Å². The lowest BCUT2D eigenvalue weighted by Gasteiger charge is -2.55. The largest absolute Gasteiger partial charge is 0.349 e. The number of hydrogen-bond donors (Lipinski definition) is 0. The predicted molar refractivity (Wildman–Crippen MR) is 103 cm³/mol. The second kappa shape index (κ2) is 7.12. The van der Waals surface area contributed by atoms with Gasteiger partial charge in [-0.15, -0.1) is 0 Å². The minimum atomic E-state index is -0.0867. The molecular formula is C22H28N2O2. The van der Waals surface area contributed by atoms with Crippen LogP contribution in [0, 0.1) is 0 Å².